The van der Waals surface area contributed by atoms with Gasteiger partial charge in [-0.3, -0.25) is 9.59 Å². The number of rotatable bonds is 7. The molecule has 0 radical (unpaired) electrons. The van der Waals surface area contributed by atoms with Gasteiger partial charge >= 0.3 is 5.97 Å². The van der Waals surface area contributed by atoms with Gasteiger partial charge < -0.3 is 14.8 Å². The summed E-state index contributed by atoms with van der Waals surface area (Å²) in [7, 11) is 0. The third kappa shape index (κ3) is 6.07. The summed E-state index contributed by atoms with van der Waals surface area (Å²) in [5.74, 6) is 0.524. The van der Waals surface area contributed by atoms with Gasteiger partial charge in [-0.2, -0.15) is 0 Å². The maximum Gasteiger partial charge on any atom is 0.317 e. The number of anilines is 1. The molecular weight excluding hydrogens is 400 g/mol. The Hall–Kier alpha value is -2.90. The number of amides is 1. The molecular formula is C20H17ClN2O4S. The van der Waals surface area contributed by atoms with Gasteiger partial charge in [0.05, 0.1) is 12.1 Å². The largest absolute Gasteiger partial charge is 0.486 e. The monoisotopic (exact) mass is 416 g/mol. The SMILES string of the molecule is CC(=O)Nc1ccc(OC(=O)Cc2csc(COc3ccc(Cl)cc3)n2)cc1. The highest BCUT2D eigenvalue weighted by molar-refractivity contribution is 7.09. The lowest BCUT2D eigenvalue weighted by Crippen LogP contribution is -2.12. The summed E-state index contributed by atoms with van der Waals surface area (Å²) < 4.78 is 10.9. The van der Waals surface area contributed by atoms with E-state index in [-0.39, 0.29) is 12.3 Å². The fraction of sp³-hybridized carbons (Fsp3) is 0.150. The van der Waals surface area contributed by atoms with E-state index in [0.29, 0.717) is 34.5 Å². The normalized spacial score (nSPS) is 10.4. The first-order valence-corrected chi connectivity index (χ1v) is 9.64. The predicted octanol–water partition coefficient (Wildman–Crippen LogP) is 4.48. The zero-order chi connectivity index (χ0) is 19.9. The number of halogens is 1. The maximum atomic E-state index is 12.1. The van der Waals surface area contributed by atoms with E-state index >= 15 is 0 Å². The van der Waals surface area contributed by atoms with Crippen LogP contribution in [0.2, 0.25) is 5.02 Å². The fourth-order valence-corrected chi connectivity index (χ4v) is 3.13. The Morgan fingerprint density at radius 1 is 1.07 bits per heavy atom. The lowest BCUT2D eigenvalue weighted by Gasteiger charge is -2.05. The molecule has 0 fully saturated rings. The molecule has 0 bridgehead atoms. The molecule has 1 aromatic heterocycles. The van der Waals surface area contributed by atoms with Gasteiger partial charge in [-0.15, -0.1) is 11.3 Å². The Bertz CT molecular complexity index is 955. The minimum Gasteiger partial charge on any atom is -0.486 e. The van der Waals surface area contributed by atoms with Crippen molar-refractivity contribution in [2.75, 3.05) is 5.32 Å². The molecule has 0 saturated heterocycles. The van der Waals surface area contributed by atoms with Crippen molar-refractivity contribution < 1.29 is 19.1 Å². The second-order valence-electron chi connectivity index (χ2n) is 5.83. The van der Waals surface area contributed by atoms with Crippen molar-refractivity contribution in [3.63, 3.8) is 0 Å². The van der Waals surface area contributed by atoms with Crippen molar-refractivity contribution in [3.05, 3.63) is 69.6 Å². The van der Waals surface area contributed by atoms with Crippen LogP contribution in [-0.2, 0) is 22.6 Å². The minimum absolute atomic E-state index is 0.0604. The predicted molar refractivity (Wildman–Crippen MR) is 108 cm³/mol. The Kier molecular flexibility index (Phi) is 6.62. The smallest absolute Gasteiger partial charge is 0.317 e. The second-order valence-corrected chi connectivity index (χ2v) is 7.21. The Morgan fingerprint density at radius 2 is 1.75 bits per heavy atom. The molecule has 0 aliphatic heterocycles. The zero-order valence-corrected chi connectivity index (χ0v) is 16.5. The van der Waals surface area contributed by atoms with Crippen molar-refractivity contribution in [1.29, 1.82) is 0 Å². The highest BCUT2D eigenvalue weighted by Crippen LogP contribution is 2.19. The Balaban J connectivity index is 1.49. The fourth-order valence-electron chi connectivity index (χ4n) is 2.30. The molecule has 1 N–H and O–H groups in total. The highest BCUT2D eigenvalue weighted by atomic mass is 35.5. The number of aromatic nitrogens is 1. The van der Waals surface area contributed by atoms with Crippen molar-refractivity contribution >= 4 is 40.5 Å². The summed E-state index contributed by atoms with van der Waals surface area (Å²) in [5, 5.41) is 5.86. The first kappa shape index (κ1) is 19.9. The van der Waals surface area contributed by atoms with E-state index in [4.69, 9.17) is 21.1 Å². The van der Waals surface area contributed by atoms with E-state index in [2.05, 4.69) is 10.3 Å². The number of nitrogens with zero attached hydrogens (tertiary/aromatic N) is 1. The van der Waals surface area contributed by atoms with E-state index in [1.807, 2.05) is 5.38 Å². The van der Waals surface area contributed by atoms with E-state index in [9.17, 15) is 9.59 Å². The van der Waals surface area contributed by atoms with Gasteiger partial charge in [0.1, 0.15) is 23.1 Å². The van der Waals surface area contributed by atoms with Gasteiger partial charge in [0.15, 0.2) is 0 Å². The molecule has 1 heterocycles. The number of carbonyl (C=O) groups excluding carboxylic acids is 2. The average molecular weight is 417 g/mol. The van der Waals surface area contributed by atoms with Crippen molar-refractivity contribution in [2.45, 2.75) is 20.0 Å². The van der Waals surface area contributed by atoms with E-state index < -0.39 is 5.97 Å². The summed E-state index contributed by atoms with van der Waals surface area (Å²) in [4.78, 5) is 27.5. The molecule has 0 aliphatic carbocycles. The summed E-state index contributed by atoms with van der Waals surface area (Å²) >= 11 is 7.26. The van der Waals surface area contributed by atoms with E-state index in [1.165, 1.54) is 18.3 Å². The Labute approximate surface area is 171 Å². The van der Waals surface area contributed by atoms with Crippen LogP contribution in [0.25, 0.3) is 0 Å². The first-order chi connectivity index (χ1) is 13.5. The standard InChI is InChI=1S/C20H17ClN2O4S/c1-13(24)22-15-4-8-18(9-5-15)27-20(25)10-16-12-28-19(23-16)11-26-17-6-2-14(21)3-7-17/h2-9,12H,10-11H2,1H3,(H,22,24). The molecule has 8 heteroatoms. The quantitative estimate of drug-likeness (QED) is 0.453. The molecule has 0 atom stereocenters. The van der Waals surface area contributed by atoms with Crippen molar-refractivity contribution in [1.82, 2.24) is 4.98 Å². The number of thiazole rings is 1. The molecule has 0 unspecified atom stereocenters. The summed E-state index contributed by atoms with van der Waals surface area (Å²) in [6.07, 6.45) is 0.0604. The number of ether oxygens (including phenoxy) is 2. The van der Waals surface area contributed by atoms with Crippen LogP contribution in [0.1, 0.15) is 17.6 Å². The van der Waals surface area contributed by atoms with E-state index in [1.54, 1.807) is 48.5 Å². The maximum absolute atomic E-state index is 12.1. The molecule has 2 aromatic carbocycles. The number of esters is 1. The lowest BCUT2D eigenvalue weighted by atomic mass is 10.3. The molecule has 28 heavy (non-hydrogen) atoms. The van der Waals surface area contributed by atoms with Crippen LogP contribution in [0.4, 0.5) is 5.69 Å². The van der Waals surface area contributed by atoms with Crippen molar-refractivity contribution in [3.8, 4) is 11.5 Å². The number of carbonyl (C=O) groups is 2. The molecule has 144 valence electrons. The van der Waals surface area contributed by atoms with Crippen LogP contribution in [0.15, 0.2) is 53.9 Å². The number of hydrogen-bond acceptors (Lipinski definition) is 6. The summed E-state index contributed by atoms with van der Waals surface area (Å²) in [6, 6.07) is 13.6. The number of hydrogen-bond donors (Lipinski definition) is 1. The first-order valence-electron chi connectivity index (χ1n) is 8.38. The molecule has 3 rings (SSSR count). The summed E-state index contributed by atoms with van der Waals surface area (Å²) in [5.41, 5.74) is 1.26. The van der Waals surface area contributed by atoms with Gasteiger partial charge in [-0.25, -0.2) is 4.98 Å². The van der Waals surface area contributed by atoms with Gasteiger partial charge in [-0.1, -0.05) is 11.6 Å². The van der Waals surface area contributed by atoms with Gasteiger partial charge in [0, 0.05) is 23.0 Å². The Morgan fingerprint density at radius 3 is 2.43 bits per heavy atom. The van der Waals surface area contributed by atoms with Crippen LogP contribution >= 0.6 is 22.9 Å². The highest BCUT2D eigenvalue weighted by Gasteiger charge is 2.11. The van der Waals surface area contributed by atoms with E-state index in [0.717, 1.165) is 5.01 Å². The topological polar surface area (TPSA) is 77.5 Å². The van der Waals surface area contributed by atoms with Gasteiger partial charge in [-0.05, 0) is 48.5 Å². The van der Waals surface area contributed by atoms with Crippen LogP contribution in [0.3, 0.4) is 0 Å². The lowest BCUT2D eigenvalue weighted by molar-refractivity contribution is -0.133. The van der Waals surface area contributed by atoms with Gasteiger partial charge in [0.2, 0.25) is 5.91 Å². The molecule has 0 saturated carbocycles. The zero-order valence-electron chi connectivity index (χ0n) is 15.0. The minimum atomic E-state index is -0.414. The third-order valence-corrected chi connectivity index (χ3v) is 4.63. The number of nitrogens with one attached hydrogen (secondary N) is 1. The average Bonchev–Trinajstić information content (AvgIpc) is 3.09. The molecule has 3 aromatic rings. The molecule has 1 amide bonds. The van der Waals surface area contributed by atoms with Crippen LogP contribution < -0.4 is 14.8 Å². The van der Waals surface area contributed by atoms with Crippen LogP contribution in [0.5, 0.6) is 11.5 Å². The third-order valence-electron chi connectivity index (χ3n) is 3.51. The second kappa shape index (κ2) is 9.34. The number of benzene rings is 2. The molecule has 0 spiro atoms. The van der Waals surface area contributed by atoms with Gasteiger partial charge in [0.25, 0.3) is 0 Å². The van der Waals surface area contributed by atoms with Crippen LogP contribution in [0, 0.1) is 0 Å². The van der Waals surface area contributed by atoms with Crippen molar-refractivity contribution in [2.24, 2.45) is 0 Å². The molecule has 0 aliphatic rings. The van der Waals surface area contributed by atoms with Crippen LogP contribution in [-0.4, -0.2) is 16.9 Å². The molecule has 6 nitrogen and oxygen atoms in total. The summed E-state index contributed by atoms with van der Waals surface area (Å²) in [6.45, 7) is 1.74.